The number of thiazole rings is 1. The SMILES string of the molecule is O=C(NCC1(c2cccs2)CCOCC1)c1csc(-c2ccccc2)n1. The van der Waals surface area contributed by atoms with E-state index in [1.54, 1.807) is 11.3 Å². The van der Waals surface area contributed by atoms with Gasteiger partial charge in [-0.15, -0.1) is 22.7 Å². The number of nitrogens with zero attached hydrogens (tertiary/aromatic N) is 1. The van der Waals surface area contributed by atoms with E-state index in [4.69, 9.17) is 4.74 Å². The molecule has 1 aliphatic rings. The Labute approximate surface area is 160 Å². The molecule has 0 atom stereocenters. The molecular weight excluding hydrogens is 364 g/mol. The Kier molecular flexibility index (Phi) is 5.15. The summed E-state index contributed by atoms with van der Waals surface area (Å²) >= 11 is 3.26. The maximum atomic E-state index is 12.6. The average Bonchev–Trinajstić information content (AvgIpc) is 3.40. The lowest BCUT2D eigenvalue weighted by Gasteiger charge is -2.36. The fourth-order valence-electron chi connectivity index (χ4n) is 3.28. The van der Waals surface area contributed by atoms with Crippen molar-refractivity contribution in [3.8, 4) is 10.6 Å². The number of rotatable bonds is 5. The number of carbonyl (C=O) groups excluding carboxylic acids is 1. The molecule has 26 heavy (non-hydrogen) atoms. The molecule has 6 heteroatoms. The number of benzene rings is 1. The highest BCUT2D eigenvalue weighted by atomic mass is 32.1. The van der Waals surface area contributed by atoms with Crippen LogP contribution in [0.2, 0.25) is 0 Å². The highest BCUT2D eigenvalue weighted by Gasteiger charge is 2.36. The molecule has 1 saturated heterocycles. The summed E-state index contributed by atoms with van der Waals surface area (Å²) in [5.74, 6) is -0.106. The fraction of sp³-hybridized carbons (Fsp3) is 0.300. The molecule has 0 spiro atoms. The first-order valence-electron chi connectivity index (χ1n) is 8.68. The van der Waals surface area contributed by atoms with E-state index in [0.29, 0.717) is 12.2 Å². The van der Waals surface area contributed by atoms with Gasteiger partial charge < -0.3 is 10.1 Å². The van der Waals surface area contributed by atoms with Crippen molar-refractivity contribution in [2.45, 2.75) is 18.3 Å². The molecular formula is C20H20N2O2S2. The van der Waals surface area contributed by atoms with Crippen LogP contribution in [-0.4, -0.2) is 30.6 Å². The molecule has 1 amide bonds. The van der Waals surface area contributed by atoms with Gasteiger partial charge >= 0.3 is 0 Å². The maximum Gasteiger partial charge on any atom is 0.270 e. The third kappa shape index (κ3) is 3.58. The van der Waals surface area contributed by atoms with Crippen molar-refractivity contribution in [3.63, 3.8) is 0 Å². The van der Waals surface area contributed by atoms with Gasteiger partial charge in [0.1, 0.15) is 10.7 Å². The Hall–Kier alpha value is -2.02. The summed E-state index contributed by atoms with van der Waals surface area (Å²) in [7, 11) is 0. The van der Waals surface area contributed by atoms with Gasteiger partial charge in [0.2, 0.25) is 0 Å². The van der Waals surface area contributed by atoms with Crippen LogP contribution in [0.4, 0.5) is 0 Å². The summed E-state index contributed by atoms with van der Waals surface area (Å²) in [5.41, 5.74) is 1.50. The van der Waals surface area contributed by atoms with Crippen molar-refractivity contribution >= 4 is 28.6 Å². The molecule has 0 unspecified atom stereocenters. The van der Waals surface area contributed by atoms with Gasteiger partial charge in [0.25, 0.3) is 5.91 Å². The number of nitrogens with one attached hydrogen (secondary N) is 1. The standard InChI is InChI=1S/C20H20N2O2S2/c23-18(16-13-26-19(22-16)15-5-2-1-3-6-15)21-14-20(8-10-24-11-9-20)17-7-4-12-25-17/h1-7,12-13H,8-11,14H2,(H,21,23). The Balaban J connectivity index is 1.47. The Morgan fingerprint density at radius 3 is 2.65 bits per heavy atom. The number of carbonyl (C=O) groups is 1. The van der Waals surface area contributed by atoms with Gasteiger partial charge in [-0.2, -0.15) is 0 Å². The zero-order valence-electron chi connectivity index (χ0n) is 14.3. The Morgan fingerprint density at radius 2 is 1.92 bits per heavy atom. The second-order valence-corrected chi connectivity index (χ2v) is 8.26. The Morgan fingerprint density at radius 1 is 1.12 bits per heavy atom. The molecule has 0 radical (unpaired) electrons. The predicted molar refractivity (Wildman–Crippen MR) is 106 cm³/mol. The molecule has 0 bridgehead atoms. The molecule has 1 aromatic carbocycles. The molecule has 0 aliphatic carbocycles. The third-order valence-corrected chi connectivity index (χ3v) is 6.85. The Bertz CT molecular complexity index is 853. The van der Waals surface area contributed by atoms with Gasteiger partial charge in [0, 0.05) is 41.0 Å². The van der Waals surface area contributed by atoms with Crippen LogP contribution < -0.4 is 5.32 Å². The second-order valence-electron chi connectivity index (χ2n) is 6.46. The molecule has 1 aliphatic heterocycles. The van der Waals surface area contributed by atoms with E-state index in [1.807, 2.05) is 35.7 Å². The van der Waals surface area contributed by atoms with Crippen molar-refractivity contribution in [1.82, 2.24) is 10.3 Å². The van der Waals surface area contributed by atoms with Crippen LogP contribution in [-0.2, 0) is 10.2 Å². The van der Waals surface area contributed by atoms with Gasteiger partial charge in [-0.1, -0.05) is 36.4 Å². The predicted octanol–water partition coefficient (Wildman–Crippen LogP) is 4.35. The van der Waals surface area contributed by atoms with Crippen LogP contribution in [0.25, 0.3) is 10.6 Å². The molecule has 3 aromatic rings. The topological polar surface area (TPSA) is 51.2 Å². The maximum absolute atomic E-state index is 12.6. The number of hydrogen-bond donors (Lipinski definition) is 1. The number of hydrogen-bond acceptors (Lipinski definition) is 5. The van der Waals surface area contributed by atoms with Crippen molar-refractivity contribution in [3.05, 3.63) is 63.8 Å². The lowest BCUT2D eigenvalue weighted by Crippen LogP contribution is -2.44. The zero-order valence-corrected chi connectivity index (χ0v) is 15.9. The zero-order chi connectivity index (χ0) is 17.8. The summed E-state index contributed by atoms with van der Waals surface area (Å²) in [6.07, 6.45) is 1.86. The van der Waals surface area contributed by atoms with Crippen molar-refractivity contribution < 1.29 is 9.53 Å². The van der Waals surface area contributed by atoms with Crippen molar-refractivity contribution in [2.75, 3.05) is 19.8 Å². The summed E-state index contributed by atoms with van der Waals surface area (Å²) in [6, 6.07) is 14.2. The van der Waals surface area contributed by atoms with Crippen LogP contribution in [0.15, 0.2) is 53.2 Å². The molecule has 0 saturated carbocycles. The van der Waals surface area contributed by atoms with E-state index in [0.717, 1.165) is 36.6 Å². The number of aromatic nitrogens is 1. The molecule has 134 valence electrons. The third-order valence-electron chi connectivity index (χ3n) is 4.84. The minimum absolute atomic E-state index is 0.0274. The minimum atomic E-state index is -0.106. The van der Waals surface area contributed by atoms with E-state index in [2.05, 4.69) is 27.8 Å². The van der Waals surface area contributed by atoms with Gasteiger partial charge in [-0.25, -0.2) is 4.98 Å². The fourth-order valence-corrected chi connectivity index (χ4v) is 5.08. The highest BCUT2D eigenvalue weighted by Crippen LogP contribution is 2.37. The van der Waals surface area contributed by atoms with Crippen LogP contribution in [0.3, 0.4) is 0 Å². The highest BCUT2D eigenvalue weighted by molar-refractivity contribution is 7.13. The summed E-state index contributed by atoms with van der Waals surface area (Å²) < 4.78 is 5.55. The van der Waals surface area contributed by atoms with Crippen LogP contribution in [0.5, 0.6) is 0 Å². The first-order chi connectivity index (χ1) is 12.8. The van der Waals surface area contributed by atoms with Gasteiger partial charge in [-0.05, 0) is 24.3 Å². The molecule has 4 nitrogen and oxygen atoms in total. The number of ether oxygens (including phenoxy) is 1. The molecule has 1 N–H and O–H groups in total. The van der Waals surface area contributed by atoms with Crippen molar-refractivity contribution in [1.29, 1.82) is 0 Å². The van der Waals surface area contributed by atoms with Crippen LogP contribution in [0, 0.1) is 0 Å². The lowest BCUT2D eigenvalue weighted by atomic mass is 9.78. The van der Waals surface area contributed by atoms with E-state index in [9.17, 15) is 4.79 Å². The molecule has 4 rings (SSSR count). The minimum Gasteiger partial charge on any atom is -0.381 e. The summed E-state index contributed by atoms with van der Waals surface area (Å²) in [5, 5.41) is 7.92. The van der Waals surface area contributed by atoms with E-state index in [-0.39, 0.29) is 11.3 Å². The van der Waals surface area contributed by atoms with Gasteiger partial charge in [0.05, 0.1) is 0 Å². The van der Waals surface area contributed by atoms with E-state index < -0.39 is 0 Å². The lowest BCUT2D eigenvalue weighted by molar-refractivity contribution is 0.0498. The molecule has 3 heterocycles. The van der Waals surface area contributed by atoms with Crippen LogP contribution in [0.1, 0.15) is 28.2 Å². The molecule has 1 fully saturated rings. The quantitative estimate of drug-likeness (QED) is 0.711. The van der Waals surface area contributed by atoms with Crippen molar-refractivity contribution in [2.24, 2.45) is 0 Å². The number of thiophene rings is 1. The smallest absolute Gasteiger partial charge is 0.270 e. The monoisotopic (exact) mass is 384 g/mol. The second kappa shape index (κ2) is 7.70. The largest absolute Gasteiger partial charge is 0.381 e. The summed E-state index contributed by atoms with van der Waals surface area (Å²) in [4.78, 5) is 18.5. The van der Waals surface area contributed by atoms with Crippen LogP contribution >= 0.6 is 22.7 Å². The van der Waals surface area contributed by atoms with Gasteiger partial charge in [-0.3, -0.25) is 4.79 Å². The first-order valence-corrected chi connectivity index (χ1v) is 10.4. The number of amides is 1. The first kappa shape index (κ1) is 17.4. The van der Waals surface area contributed by atoms with E-state index >= 15 is 0 Å². The normalized spacial score (nSPS) is 16.3. The summed E-state index contributed by atoms with van der Waals surface area (Å²) in [6.45, 7) is 2.10. The average molecular weight is 385 g/mol. The van der Waals surface area contributed by atoms with Gasteiger partial charge in [0.15, 0.2) is 0 Å². The van der Waals surface area contributed by atoms with E-state index in [1.165, 1.54) is 16.2 Å². The molecule has 2 aromatic heterocycles.